The van der Waals surface area contributed by atoms with E-state index in [4.69, 9.17) is 4.74 Å². The second kappa shape index (κ2) is 6.19. The van der Waals surface area contributed by atoms with Gasteiger partial charge in [-0.15, -0.1) is 0 Å². The molecule has 2 aliphatic rings. The van der Waals surface area contributed by atoms with Crippen LogP contribution in [0.4, 0.5) is 8.78 Å². The maximum absolute atomic E-state index is 15.0. The standard InChI is InChI=1S/C21H23F2NO/c1-24-18-12-14-20(22,23)21(24,15-13-18)25-19(16-8-4-2-5-9-16)17-10-6-3-7-11-17/h2-11,18-19H,12-15H2,1H3/t18-,21+/m1/s1. The molecule has 2 aromatic rings. The highest BCUT2D eigenvalue weighted by molar-refractivity contribution is 5.30. The van der Waals surface area contributed by atoms with Crippen molar-refractivity contribution < 1.29 is 13.5 Å². The van der Waals surface area contributed by atoms with Crippen molar-refractivity contribution in [2.45, 2.75) is 49.5 Å². The van der Waals surface area contributed by atoms with Crippen molar-refractivity contribution in [2.75, 3.05) is 7.05 Å². The molecule has 0 amide bonds. The topological polar surface area (TPSA) is 12.5 Å². The van der Waals surface area contributed by atoms with Gasteiger partial charge in [0, 0.05) is 12.5 Å². The minimum Gasteiger partial charge on any atom is -0.341 e. The van der Waals surface area contributed by atoms with E-state index in [0.717, 1.165) is 17.5 Å². The number of nitrogens with zero attached hydrogens (tertiary/aromatic N) is 1. The van der Waals surface area contributed by atoms with E-state index in [-0.39, 0.29) is 12.5 Å². The van der Waals surface area contributed by atoms with E-state index >= 15 is 8.78 Å². The first-order chi connectivity index (χ1) is 12.0. The Labute approximate surface area is 147 Å². The van der Waals surface area contributed by atoms with Crippen LogP contribution in [-0.4, -0.2) is 29.6 Å². The fourth-order valence-electron chi connectivity index (χ4n) is 4.36. The van der Waals surface area contributed by atoms with Gasteiger partial charge in [0.05, 0.1) is 0 Å². The highest BCUT2D eigenvalue weighted by Gasteiger charge is 2.65. The van der Waals surface area contributed by atoms with Crippen LogP contribution < -0.4 is 0 Å². The van der Waals surface area contributed by atoms with Crippen LogP contribution in [0, 0.1) is 0 Å². The summed E-state index contributed by atoms with van der Waals surface area (Å²) in [5.74, 6) is -2.85. The van der Waals surface area contributed by atoms with E-state index in [0.29, 0.717) is 12.8 Å². The maximum Gasteiger partial charge on any atom is 0.289 e. The molecular weight excluding hydrogens is 320 g/mol. The SMILES string of the molecule is CN1[C@@H]2CCC(F)(F)[C@@]1(OC(c1ccccc1)c1ccccc1)CC2. The van der Waals surface area contributed by atoms with E-state index in [1.165, 1.54) is 0 Å². The van der Waals surface area contributed by atoms with E-state index < -0.39 is 17.8 Å². The molecule has 2 aliphatic heterocycles. The van der Waals surface area contributed by atoms with Gasteiger partial charge >= 0.3 is 0 Å². The van der Waals surface area contributed by atoms with Gasteiger partial charge in [-0.1, -0.05) is 60.7 Å². The van der Waals surface area contributed by atoms with Crippen molar-refractivity contribution in [3.63, 3.8) is 0 Å². The Morgan fingerprint density at radius 2 is 1.44 bits per heavy atom. The normalized spacial score (nSPS) is 28.4. The molecule has 25 heavy (non-hydrogen) atoms. The Bertz CT molecular complexity index is 682. The summed E-state index contributed by atoms with van der Waals surface area (Å²) in [6.45, 7) is 0. The van der Waals surface area contributed by atoms with E-state index in [9.17, 15) is 0 Å². The van der Waals surface area contributed by atoms with Crippen molar-refractivity contribution in [2.24, 2.45) is 0 Å². The lowest BCUT2D eigenvalue weighted by atomic mass is 9.94. The number of hydrogen-bond donors (Lipinski definition) is 0. The number of ether oxygens (including phenoxy) is 1. The van der Waals surface area contributed by atoms with Gasteiger partial charge in [0.2, 0.25) is 0 Å². The largest absolute Gasteiger partial charge is 0.341 e. The Hall–Kier alpha value is -1.78. The Morgan fingerprint density at radius 1 is 0.920 bits per heavy atom. The number of benzene rings is 2. The number of rotatable bonds is 4. The fraction of sp³-hybridized carbons (Fsp3) is 0.429. The molecule has 0 aromatic heterocycles. The van der Waals surface area contributed by atoms with Gasteiger partial charge in [-0.25, -0.2) is 8.78 Å². The molecule has 0 spiro atoms. The maximum atomic E-state index is 15.0. The van der Waals surface area contributed by atoms with Crippen molar-refractivity contribution in [1.29, 1.82) is 0 Å². The summed E-state index contributed by atoms with van der Waals surface area (Å²) in [7, 11) is 1.79. The number of piperidine rings is 1. The third-order valence-corrected chi connectivity index (χ3v) is 5.81. The molecular formula is C21H23F2NO. The molecule has 2 heterocycles. The zero-order chi connectivity index (χ0) is 17.5. The molecule has 2 atom stereocenters. The average Bonchev–Trinajstić information content (AvgIpc) is 2.89. The molecule has 2 aromatic carbocycles. The van der Waals surface area contributed by atoms with Crippen molar-refractivity contribution >= 4 is 0 Å². The first-order valence-electron chi connectivity index (χ1n) is 8.92. The number of alkyl halides is 2. The number of fused-ring (bicyclic) bond motifs is 2. The van der Waals surface area contributed by atoms with Gasteiger partial charge < -0.3 is 4.74 Å². The highest BCUT2D eigenvalue weighted by atomic mass is 19.3. The molecule has 0 unspecified atom stereocenters. The van der Waals surface area contributed by atoms with Crippen LogP contribution in [0.5, 0.6) is 0 Å². The minimum atomic E-state index is -2.85. The molecule has 0 radical (unpaired) electrons. The molecule has 4 rings (SSSR count). The van der Waals surface area contributed by atoms with Gasteiger partial charge in [-0.2, -0.15) is 0 Å². The van der Waals surface area contributed by atoms with Crippen LogP contribution in [0.1, 0.15) is 42.9 Å². The van der Waals surface area contributed by atoms with Gasteiger partial charge in [-0.05, 0) is 37.4 Å². The minimum absolute atomic E-state index is 0.0989. The van der Waals surface area contributed by atoms with Crippen LogP contribution in [0.2, 0.25) is 0 Å². The van der Waals surface area contributed by atoms with Gasteiger partial charge in [-0.3, -0.25) is 4.90 Å². The Balaban J connectivity index is 1.76. The summed E-state index contributed by atoms with van der Waals surface area (Å²) in [4.78, 5) is 1.79. The fourth-order valence-corrected chi connectivity index (χ4v) is 4.36. The summed E-state index contributed by atoms with van der Waals surface area (Å²) in [6, 6.07) is 19.5. The predicted molar refractivity (Wildman–Crippen MR) is 93.5 cm³/mol. The van der Waals surface area contributed by atoms with Crippen molar-refractivity contribution in [1.82, 2.24) is 4.90 Å². The van der Waals surface area contributed by atoms with Crippen molar-refractivity contribution in [3.05, 3.63) is 71.8 Å². The molecule has 2 bridgehead atoms. The molecule has 132 valence electrons. The molecule has 2 nitrogen and oxygen atoms in total. The van der Waals surface area contributed by atoms with E-state index in [2.05, 4.69) is 0 Å². The molecule has 0 N–H and O–H groups in total. The summed E-state index contributed by atoms with van der Waals surface area (Å²) >= 11 is 0. The van der Waals surface area contributed by atoms with Crippen LogP contribution in [0.15, 0.2) is 60.7 Å². The third kappa shape index (κ3) is 2.68. The lowest BCUT2D eigenvalue weighted by Crippen LogP contribution is -2.62. The Morgan fingerprint density at radius 3 is 2.00 bits per heavy atom. The quantitative estimate of drug-likeness (QED) is 0.773. The monoisotopic (exact) mass is 343 g/mol. The van der Waals surface area contributed by atoms with Crippen LogP contribution in [-0.2, 0) is 4.74 Å². The number of hydrogen-bond acceptors (Lipinski definition) is 2. The van der Waals surface area contributed by atoms with Crippen LogP contribution in [0.25, 0.3) is 0 Å². The first-order valence-corrected chi connectivity index (χ1v) is 8.92. The zero-order valence-electron chi connectivity index (χ0n) is 14.4. The lowest BCUT2D eigenvalue weighted by Gasteiger charge is -2.48. The summed E-state index contributed by atoms with van der Waals surface area (Å²) in [5, 5.41) is 0. The smallest absolute Gasteiger partial charge is 0.289 e. The van der Waals surface area contributed by atoms with Crippen LogP contribution in [0.3, 0.4) is 0 Å². The van der Waals surface area contributed by atoms with Crippen molar-refractivity contribution in [3.8, 4) is 0 Å². The predicted octanol–water partition coefficient (Wildman–Crippen LogP) is 5.01. The Kier molecular flexibility index (Phi) is 4.13. The average molecular weight is 343 g/mol. The van der Waals surface area contributed by atoms with Gasteiger partial charge in [0.15, 0.2) is 5.72 Å². The molecule has 0 saturated carbocycles. The second-order valence-corrected chi connectivity index (χ2v) is 7.15. The van der Waals surface area contributed by atoms with E-state index in [1.54, 1.807) is 11.9 Å². The van der Waals surface area contributed by atoms with E-state index in [1.807, 2.05) is 60.7 Å². The first kappa shape index (κ1) is 16.7. The second-order valence-electron chi connectivity index (χ2n) is 7.15. The lowest BCUT2D eigenvalue weighted by molar-refractivity contribution is -0.296. The molecule has 0 aliphatic carbocycles. The highest BCUT2D eigenvalue weighted by Crippen LogP contribution is 2.54. The molecule has 2 fully saturated rings. The zero-order valence-corrected chi connectivity index (χ0v) is 14.4. The number of halogens is 2. The molecule has 2 saturated heterocycles. The summed E-state index contributed by atoms with van der Waals surface area (Å²) < 4.78 is 36.4. The third-order valence-electron chi connectivity index (χ3n) is 5.81. The summed E-state index contributed by atoms with van der Waals surface area (Å²) in [6.07, 6.45) is 1.07. The summed E-state index contributed by atoms with van der Waals surface area (Å²) in [5.41, 5.74) is 0.286. The van der Waals surface area contributed by atoms with Crippen LogP contribution >= 0.6 is 0 Å². The van der Waals surface area contributed by atoms with Gasteiger partial charge in [0.25, 0.3) is 5.92 Å². The molecule has 4 heteroatoms. The van der Waals surface area contributed by atoms with Gasteiger partial charge in [0.1, 0.15) is 6.10 Å².